The van der Waals surface area contributed by atoms with Crippen molar-refractivity contribution in [3.05, 3.63) is 40.2 Å². The minimum Gasteiger partial charge on any atom is -0.466 e. The molecule has 0 spiro atoms. The van der Waals surface area contributed by atoms with E-state index in [1.165, 1.54) is 11.1 Å². The Morgan fingerprint density at radius 1 is 1.59 bits per heavy atom. The van der Waals surface area contributed by atoms with E-state index in [1.54, 1.807) is 30.4 Å². The Morgan fingerprint density at radius 3 is 2.95 bits per heavy atom. The summed E-state index contributed by atoms with van der Waals surface area (Å²) in [5.74, 6) is 0.411. The number of nitrogens with one attached hydrogen (secondary N) is 2. The van der Waals surface area contributed by atoms with Gasteiger partial charge in [0.15, 0.2) is 0 Å². The van der Waals surface area contributed by atoms with Crippen LogP contribution in [0.25, 0.3) is 0 Å². The average Bonchev–Trinajstić information content (AvgIpc) is 3.16. The molecule has 120 valence electrons. The predicted octanol–water partition coefficient (Wildman–Crippen LogP) is 2.57. The number of carbonyl (C=O) groups is 1. The molecule has 3 N–H and O–H groups in total. The maximum absolute atomic E-state index is 11.9. The van der Waals surface area contributed by atoms with E-state index in [0.717, 1.165) is 11.4 Å². The van der Waals surface area contributed by atoms with Crippen LogP contribution >= 0.6 is 11.3 Å². The minimum absolute atomic E-state index is 0.0527. The van der Waals surface area contributed by atoms with Gasteiger partial charge in [0, 0.05) is 11.1 Å². The Bertz CT molecular complexity index is 607. The highest BCUT2D eigenvalue weighted by atomic mass is 32.1. The topological polar surface area (TPSA) is 87.4 Å². The maximum Gasteiger partial charge on any atom is 0.315 e. The van der Waals surface area contributed by atoms with Gasteiger partial charge in [-0.3, -0.25) is 0 Å². The number of hydrogen-bond donors (Lipinski definition) is 3. The molecule has 6 nitrogen and oxygen atoms in total. The summed E-state index contributed by atoms with van der Waals surface area (Å²) < 4.78 is 5.17. The number of rotatable bonds is 6. The standard InChI is InChI=1S/C15H21N3O3S/c1-4-11-8-16-13(22-11)10(2)18-14(19)17-9-15(3,20)12-6-5-7-21-12/h5-8,10,20H,4,9H2,1-3H3,(H2,17,18,19). The quantitative estimate of drug-likeness (QED) is 0.762. The molecule has 0 bridgehead atoms. The number of nitrogens with zero attached hydrogens (tertiary/aromatic N) is 1. The van der Waals surface area contributed by atoms with E-state index >= 15 is 0 Å². The lowest BCUT2D eigenvalue weighted by atomic mass is 10.0. The number of aliphatic hydroxyl groups is 1. The molecule has 0 saturated heterocycles. The van der Waals surface area contributed by atoms with Gasteiger partial charge in [-0.1, -0.05) is 6.92 Å². The third-order valence-corrected chi connectivity index (χ3v) is 4.61. The Balaban J connectivity index is 1.85. The molecule has 2 heterocycles. The first kappa shape index (κ1) is 16.5. The summed E-state index contributed by atoms with van der Waals surface area (Å²) in [5.41, 5.74) is -1.25. The molecule has 2 aromatic rings. The summed E-state index contributed by atoms with van der Waals surface area (Å²) in [6.07, 6.45) is 4.25. The number of aromatic nitrogens is 1. The molecular formula is C15H21N3O3S. The SMILES string of the molecule is CCc1cnc(C(C)NC(=O)NCC(C)(O)c2ccco2)s1. The van der Waals surface area contributed by atoms with Gasteiger partial charge in [0.05, 0.1) is 18.8 Å². The molecule has 0 aliphatic rings. The van der Waals surface area contributed by atoms with Gasteiger partial charge in [-0.2, -0.15) is 0 Å². The number of thiazole rings is 1. The highest BCUT2D eigenvalue weighted by molar-refractivity contribution is 7.11. The van der Waals surface area contributed by atoms with Crippen LogP contribution in [0, 0.1) is 0 Å². The van der Waals surface area contributed by atoms with Crippen molar-refractivity contribution in [3.63, 3.8) is 0 Å². The van der Waals surface area contributed by atoms with Crippen LogP contribution in [0.15, 0.2) is 29.0 Å². The van der Waals surface area contributed by atoms with Gasteiger partial charge in [-0.05, 0) is 32.4 Å². The fourth-order valence-corrected chi connectivity index (χ4v) is 2.78. The van der Waals surface area contributed by atoms with Gasteiger partial charge in [0.2, 0.25) is 0 Å². The monoisotopic (exact) mass is 323 g/mol. The van der Waals surface area contributed by atoms with Crippen molar-refractivity contribution in [3.8, 4) is 0 Å². The zero-order valence-corrected chi connectivity index (χ0v) is 13.7. The van der Waals surface area contributed by atoms with Gasteiger partial charge >= 0.3 is 6.03 Å². The van der Waals surface area contributed by atoms with Crippen LogP contribution in [-0.2, 0) is 12.0 Å². The third kappa shape index (κ3) is 4.08. The Hall–Kier alpha value is -1.86. The number of urea groups is 1. The van der Waals surface area contributed by atoms with E-state index in [0.29, 0.717) is 5.76 Å². The molecule has 2 atom stereocenters. The highest BCUT2D eigenvalue weighted by Crippen LogP contribution is 2.21. The summed E-state index contributed by atoms with van der Waals surface area (Å²) >= 11 is 1.59. The summed E-state index contributed by atoms with van der Waals surface area (Å²) in [6, 6.07) is 2.83. The molecule has 0 aliphatic heterocycles. The van der Waals surface area contributed by atoms with Crippen LogP contribution in [0.3, 0.4) is 0 Å². The second kappa shape index (κ2) is 6.93. The lowest BCUT2D eigenvalue weighted by Crippen LogP contribution is -2.44. The molecule has 2 aromatic heterocycles. The molecule has 22 heavy (non-hydrogen) atoms. The number of hydrogen-bond acceptors (Lipinski definition) is 5. The lowest BCUT2D eigenvalue weighted by Gasteiger charge is -2.22. The van der Waals surface area contributed by atoms with E-state index in [-0.39, 0.29) is 18.6 Å². The smallest absolute Gasteiger partial charge is 0.315 e. The third-order valence-electron chi connectivity index (χ3n) is 3.28. The van der Waals surface area contributed by atoms with Gasteiger partial charge < -0.3 is 20.2 Å². The fourth-order valence-electron chi connectivity index (χ4n) is 1.92. The van der Waals surface area contributed by atoms with E-state index in [4.69, 9.17) is 4.42 Å². The van der Waals surface area contributed by atoms with Gasteiger partial charge in [-0.15, -0.1) is 11.3 Å². The van der Waals surface area contributed by atoms with Crippen molar-refractivity contribution in [2.24, 2.45) is 0 Å². The van der Waals surface area contributed by atoms with Crippen molar-refractivity contribution >= 4 is 17.4 Å². The Labute approximate surface area is 133 Å². The first-order valence-corrected chi connectivity index (χ1v) is 7.99. The first-order valence-electron chi connectivity index (χ1n) is 7.17. The van der Waals surface area contributed by atoms with Crippen LogP contribution in [0.4, 0.5) is 4.79 Å². The van der Waals surface area contributed by atoms with Crippen molar-refractivity contribution in [2.75, 3.05) is 6.54 Å². The van der Waals surface area contributed by atoms with E-state index in [1.807, 2.05) is 13.1 Å². The number of aryl methyl sites for hydroxylation is 1. The van der Waals surface area contributed by atoms with Crippen molar-refractivity contribution in [1.29, 1.82) is 0 Å². The summed E-state index contributed by atoms with van der Waals surface area (Å²) in [4.78, 5) is 17.4. The van der Waals surface area contributed by atoms with Crippen LogP contribution in [0.2, 0.25) is 0 Å². The molecule has 0 aliphatic carbocycles. The summed E-state index contributed by atoms with van der Waals surface area (Å²) in [5, 5.41) is 16.6. The molecule has 0 saturated carbocycles. The second-order valence-corrected chi connectivity index (χ2v) is 6.47. The normalized spacial score (nSPS) is 15.1. The summed E-state index contributed by atoms with van der Waals surface area (Å²) in [6.45, 7) is 5.59. The van der Waals surface area contributed by atoms with Crippen LogP contribution in [-0.4, -0.2) is 22.7 Å². The van der Waals surface area contributed by atoms with E-state index in [9.17, 15) is 9.90 Å². The molecule has 2 amide bonds. The van der Waals surface area contributed by atoms with Crippen molar-refractivity contribution in [1.82, 2.24) is 15.6 Å². The molecule has 0 fully saturated rings. The number of furan rings is 1. The molecular weight excluding hydrogens is 302 g/mol. The lowest BCUT2D eigenvalue weighted by molar-refractivity contribution is 0.0366. The van der Waals surface area contributed by atoms with Gasteiger partial charge in [0.1, 0.15) is 16.4 Å². The maximum atomic E-state index is 11.9. The predicted molar refractivity (Wildman–Crippen MR) is 84.7 cm³/mol. The zero-order valence-electron chi connectivity index (χ0n) is 12.9. The van der Waals surface area contributed by atoms with Crippen molar-refractivity contribution < 1.29 is 14.3 Å². The van der Waals surface area contributed by atoms with Gasteiger partial charge in [0.25, 0.3) is 0 Å². The van der Waals surface area contributed by atoms with Crippen LogP contribution in [0.5, 0.6) is 0 Å². The Kier molecular flexibility index (Phi) is 5.20. The molecule has 0 radical (unpaired) electrons. The molecule has 0 aromatic carbocycles. The first-order chi connectivity index (χ1) is 10.4. The second-order valence-electron chi connectivity index (χ2n) is 5.32. The van der Waals surface area contributed by atoms with Crippen LogP contribution < -0.4 is 10.6 Å². The van der Waals surface area contributed by atoms with E-state index in [2.05, 4.69) is 22.5 Å². The van der Waals surface area contributed by atoms with Crippen molar-refractivity contribution in [2.45, 2.75) is 38.8 Å². The Morgan fingerprint density at radius 2 is 2.36 bits per heavy atom. The highest BCUT2D eigenvalue weighted by Gasteiger charge is 2.27. The fraction of sp³-hybridized carbons (Fsp3) is 0.467. The molecule has 7 heteroatoms. The number of carbonyl (C=O) groups excluding carboxylic acids is 1. The minimum atomic E-state index is -1.25. The largest absolute Gasteiger partial charge is 0.466 e. The van der Waals surface area contributed by atoms with E-state index < -0.39 is 5.60 Å². The molecule has 2 rings (SSSR count). The van der Waals surface area contributed by atoms with Gasteiger partial charge in [-0.25, -0.2) is 9.78 Å². The summed E-state index contributed by atoms with van der Waals surface area (Å²) in [7, 11) is 0. The molecule has 2 unspecified atom stereocenters. The average molecular weight is 323 g/mol. The van der Waals surface area contributed by atoms with Crippen LogP contribution in [0.1, 0.15) is 42.5 Å². The number of amides is 2. The zero-order chi connectivity index (χ0) is 16.2.